The number of hydrogen-bond donors (Lipinski definition) is 1. The summed E-state index contributed by atoms with van der Waals surface area (Å²) in [7, 11) is 0. The van der Waals surface area contributed by atoms with E-state index < -0.39 is 5.60 Å². The second kappa shape index (κ2) is 4.92. The van der Waals surface area contributed by atoms with Crippen LogP contribution in [0, 0.1) is 0 Å². The van der Waals surface area contributed by atoms with Crippen molar-refractivity contribution in [1.82, 2.24) is 4.98 Å². The Labute approximate surface area is 102 Å². The lowest BCUT2D eigenvalue weighted by Crippen LogP contribution is -2.42. The van der Waals surface area contributed by atoms with Crippen LogP contribution in [-0.2, 0) is 0 Å². The smallest absolute Gasteiger partial charge is 0.215 e. The van der Waals surface area contributed by atoms with Crippen LogP contribution in [0.5, 0.6) is 5.88 Å². The Morgan fingerprint density at radius 1 is 1.41 bits per heavy atom. The number of hydrogen-bond acceptors (Lipinski definition) is 4. The number of aromatic nitrogens is 1. The van der Waals surface area contributed by atoms with Crippen LogP contribution in [-0.4, -0.2) is 35.4 Å². The minimum absolute atomic E-state index is 0.520. The Bertz CT molecular complexity index is 369. The lowest BCUT2D eigenvalue weighted by Gasteiger charge is -2.36. The molecule has 17 heavy (non-hydrogen) atoms. The molecule has 1 aliphatic heterocycles. The minimum Gasteiger partial charge on any atom is -0.478 e. The van der Waals surface area contributed by atoms with Crippen LogP contribution in [0.1, 0.15) is 26.7 Å². The highest BCUT2D eigenvalue weighted by Crippen LogP contribution is 2.25. The molecule has 1 saturated heterocycles. The summed E-state index contributed by atoms with van der Waals surface area (Å²) in [5.74, 6) is 1.61. The maximum atomic E-state index is 9.91. The van der Waals surface area contributed by atoms with Crippen LogP contribution in [0.4, 0.5) is 5.82 Å². The van der Waals surface area contributed by atoms with Gasteiger partial charge in [0.25, 0.3) is 0 Å². The first-order chi connectivity index (χ1) is 8.11. The van der Waals surface area contributed by atoms with Gasteiger partial charge < -0.3 is 14.7 Å². The van der Waals surface area contributed by atoms with Gasteiger partial charge in [-0.05, 0) is 32.8 Å². The van der Waals surface area contributed by atoms with Crippen LogP contribution in [0.25, 0.3) is 0 Å². The van der Waals surface area contributed by atoms with Crippen LogP contribution >= 0.6 is 0 Å². The van der Waals surface area contributed by atoms with Gasteiger partial charge in [0.15, 0.2) is 0 Å². The zero-order valence-corrected chi connectivity index (χ0v) is 10.5. The van der Waals surface area contributed by atoms with Gasteiger partial charge in [-0.15, -0.1) is 0 Å². The zero-order chi connectivity index (χ0) is 12.3. The summed E-state index contributed by atoms with van der Waals surface area (Å²) in [4.78, 5) is 6.65. The summed E-state index contributed by atoms with van der Waals surface area (Å²) in [6.45, 7) is 6.16. The normalized spacial score (nSPS) is 19.1. The van der Waals surface area contributed by atoms with E-state index in [1.807, 2.05) is 32.0 Å². The summed E-state index contributed by atoms with van der Waals surface area (Å²) in [5.41, 5.74) is -0.520. The summed E-state index contributed by atoms with van der Waals surface area (Å²) < 4.78 is 5.39. The molecule has 4 heteroatoms. The van der Waals surface area contributed by atoms with Crippen molar-refractivity contribution >= 4 is 5.82 Å². The molecule has 0 radical (unpaired) electrons. The average molecular weight is 236 g/mol. The van der Waals surface area contributed by atoms with Gasteiger partial charge in [0, 0.05) is 19.2 Å². The van der Waals surface area contributed by atoms with E-state index >= 15 is 0 Å². The standard InChI is InChI=1S/C13H20N2O2/c1-3-17-12-6-4-5-11(14-12)15-9-7-13(2,16)8-10-15/h4-6,16H,3,7-10H2,1-2H3. The van der Waals surface area contributed by atoms with Gasteiger partial charge in [-0.1, -0.05) is 6.07 Å². The number of anilines is 1. The Balaban J connectivity index is 2.05. The number of nitrogens with zero attached hydrogens (tertiary/aromatic N) is 2. The van der Waals surface area contributed by atoms with E-state index in [1.54, 1.807) is 0 Å². The van der Waals surface area contributed by atoms with Crippen LogP contribution < -0.4 is 9.64 Å². The molecule has 0 spiro atoms. The predicted molar refractivity (Wildman–Crippen MR) is 67.5 cm³/mol. The highest BCUT2D eigenvalue weighted by atomic mass is 16.5. The van der Waals surface area contributed by atoms with E-state index in [2.05, 4.69) is 9.88 Å². The molecule has 0 aliphatic carbocycles. The first kappa shape index (κ1) is 12.2. The summed E-state index contributed by atoms with van der Waals surface area (Å²) in [6, 6.07) is 5.82. The molecule has 94 valence electrons. The van der Waals surface area contributed by atoms with Crippen LogP contribution in [0.15, 0.2) is 18.2 Å². The van der Waals surface area contributed by atoms with Gasteiger partial charge >= 0.3 is 0 Å². The zero-order valence-electron chi connectivity index (χ0n) is 10.5. The van der Waals surface area contributed by atoms with Gasteiger partial charge in [0.2, 0.25) is 5.88 Å². The molecule has 0 atom stereocenters. The van der Waals surface area contributed by atoms with E-state index in [4.69, 9.17) is 4.74 Å². The molecule has 1 aromatic heterocycles. The number of aliphatic hydroxyl groups is 1. The molecule has 2 rings (SSSR count). The minimum atomic E-state index is -0.520. The number of ether oxygens (including phenoxy) is 1. The molecule has 1 N–H and O–H groups in total. The Morgan fingerprint density at radius 3 is 2.76 bits per heavy atom. The quantitative estimate of drug-likeness (QED) is 0.869. The fraction of sp³-hybridized carbons (Fsp3) is 0.615. The van der Waals surface area contributed by atoms with Gasteiger partial charge in [0.05, 0.1) is 12.2 Å². The third-order valence-electron chi connectivity index (χ3n) is 3.17. The lowest BCUT2D eigenvalue weighted by molar-refractivity contribution is 0.0350. The fourth-order valence-electron chi connectivity index (χ4n) is 2.03. The summed E-state index contributed by atoms with van der Waals surface area (Å²) >= 11 is 0. The molecular weight excluding hydrogens is 216 g/mol. The van der Waals surface area contributed by atoms with Crippen molar-refractivity contribution in [2.24, 2.45) is 0 Å². The van der Waals surface area contributed by atoms with E-state index in [-0.39, 0.29) is 0 Å². The van der Waals surface area contributed by atoms with E-state index in [0.29, 0.717) is 12.5 Å². The second-order valence-corrected chi connectivity index (χ2v) is 4.75. The summed E-state index contributed by atoms with van der Waals surface area (Å²) in [5, 5.41) is 9.91. The van der Waals surface area contributed by atoms with Gasteiger partial charge in [0.1, 0.15) is 5.82 Å². The Hall–Kier alpha value is -1.29. The van der Waals surface area contributed by atoms with E-state index in [0.717, 1.165) is 31.7 Å². The van der Waals surface area contributed by atoms with Crippen molar-refractivity contribution in [3.8, 4) is 5.88 Å². The van der Waals surface area contributed by atoms with Crippen molar-refractivity contribution in [3.63, 3.8) is 0 Å². The van der Waals surface area contributed by atoms with Crippen molar-refractivity contribution in [2.45, 2.75) is 32.3 Å². The molecule has 1 aromatic rings. The molecule has 1 aliphatic rings. The Kier molecular flexibility index (Phi) is 3.52. The largest absolute Gasteiger partial charge is 0.478 e. The molecule has 0 saturated carbocycles. The molecule has 1 fully saturated rings. The monoisotopic (exact) mass is 236 g/mol. The Morgan fingerprint density at radius 2 is 2.12 bits per heavy atom. The van der Waals surface area contributed by atoms with Gasteiger partial charge in [-0.3, -0.25) is 0 Å². The molecule has 0 unspecified atom stereocenters. The highest BCUT2D eigenvalue weighted by Gasteiger charge is 2.27. The summed E-state index contributed by atoms with van der Waals surface area (Å²) in [6.07, 6.45) is 1.57. The van der Waals surface area contributed by atoms with E-state index in [1.165, 1.54) is 0 Å². The first-order valence-corrected chi connectivity index (χ1v) is 6.18. The van der Waals surface area contributed by atoms with Crippen molar-refractivity contribution in [3.05, 3.63) is 18.2 Å². The SMILES string of the molecule is CCOc1cccc(N2CCC(C)(O)CC2)n1. The van der Waals surface area contributed by atoms with Gasteiger partial charge in [-0.25, -0.2) is 0 Å². The molecule has 0 bridgehead atoms. The maximum Gasteiger partial charge on any atom is 0.215 e. The molecular formula is C13H20N2O2. The second-order valence-electron chi connectivity index (χ2n) is 4.75. The third-order valence-corrected chi connectivity index (χ3v) is 3.17. The average Bonchev–Trinajstić information content (AvgIpc) is 2.30. The number of pyridine rings is 1. The highest BCUT2D eigenvalue weighted by molar-refractivity contribution is 5.41. The topological polar surface area (TPSA) is 45.6 Å². The maximum absolute atomic E-state index is 9.91. The lowest BCUT2D eigenvalue weighted by atomic mass is 9.94. The fourth-order valence-corrected chi connectivity index (χ4v) is 2.03. The number of piperidine rings is 1. The van der Waals surface area contributed by atoms with Crippen molar-refractivity contribution in [2.75, 3.05) is 24.6 Å². The molecule has 0 amide bonds. The van der Waals surface area contributed by atoms with E-state index in [9.17, 15) is 5.11 Å². The van der Waals surface area contributed by atoms with Crippen LogP contribution in [0.3, 0.4) is 0 Å². The van der Waals surface area contributed by atoms with Crippen LogP contribution in [0.2, 0.25) is 0 Å². The predicted octanol–water partition coefficient (Wildman–Crippen LogP) is 1.83. The first-order valence-electron chi connectivity index (χ1n) is 6.18. The van der Waals surface area contributed by atoms with Gasteiger partial charge in [-0.2, -0.15) is 4.98 Å². The molecule has 2 heterocycles. The van der Waals surface area contributed by atoms with Crippen molar-refractivity contribution < 1.29 is 9.84 Å². The molecule has 0 aromatic carbocycles. The number of rotatable bonds is 3. The van der Waals surface area contributed by atoms with Crippen molar-refractivity contribution in [1.29, 1.82) is 0 Å². The third kappa shape index (κ3) is 3.09. The molecule has 4 nitrogen and oxygen atoms in total.